The zero-order valence-electron chi connectivity index (χ0n) is 9.78. The van der Waals surface area contributed by atoms with E-state index in [1.54, 1.807) is 0 Å². The van der Waals surface area contributed by atoms with Crippen molar-refractivity contribution in [3.8, 4) is 0 Å². The number of hydrogen-bond acceptors (Lipinski definition) is 2. The lowest BCUT2D eigenvalue weighted by atomic mass is 10.2. The minimum atomic E-state index is -0.571. The van der Waals surface area contributed by atoms with Gasteiger partial charge in [0.1, 0.15) is 0 Å². The van der Waals surface area contributed by atoms with Crippen molar-refractivity contribution in [2.24, 2.45) is 0 Å². The molecule has 0 unspecified atom stereocenters. The summed E-state index contributed by atoms with van der Waals surface area (Å²) in [6.45, 7) is 9.05. The lowest BCUT2D eigenvalue weighted by Crippen LogP contribution is -2.42. The third-order valence-corrected chi connectivity index (χ3v) is 4.59. The van der Waals surface area contributed by atoms with Gasteiger partial charge in [-0.3, -0.25) is 4.21 Å². The Hall–Kier alpha value is -0.150. The highest BCUT2D eigenvalue weighted by molar-refractivity contribution is 7.85. The summed E-state index contributed by atoms with van der Waals surface area (Å²) in [6.07, 6.45) is 6.96. The Labute approximate surface area is 96.2 Å². The molecule has 0 bridgehead atoms. The lowest BCUT2D eigenvalue weighted by Gasteiger charge is -2.30. The van der Waals surface area contributed by atoms with Crippen molar-refractivity contribution >= 4 is 10.8 Å². The molecule has 0 saturated carbocycles. The SMILES string of the molecule is C=CCCCCCN1CC[S@](=O)[C@@H](C)C1. The molecule has 2 nitrogen and oxygen atoms in total. The first-order chi connectivity index (χ1) is 7.24. The third-order valence-electron chi connectivity index (χ3n) is 2.96. The molecule has 1 aliphatic heterocycles. The van der Waals surface area contributed by atoms with E-state index in [0.717, 1.165) is 25.3 Å². The lowest BCUT2D eigenvalue weighted by molar-refractivity contribution is 0.276. The van der Waals surface area contributed by atoms with Gasteiger partial charge in [0.05, 0.1) is 0 Å². The van der Waals surface area contributed by atoms with Crippen molar-refractivity contribution in [3.63, 3.8) is 0 Å². The topological polar surface area (TPSA) is 20.3 Å². The maximum absolute atomic E-state index is 11.4. The first-order valence-electron chi connectivity index (χ1n) is 5.94. The summed E-state index contributed by atoms with van der Waals surface area (Å²) >= 11 is 0. The molecule has 0 radical (unpaired) electrons. The van der Waals surface area contributed by atoms with Crippen molar-refractivity contribution in [3.05, 3.63) is 12.7 Å². The van der Waals surface area contributed by atoms with Gasteiger partial charge in [-0.1, -0.05) is 12.5 Å². The molecule has 0 aromatic heterocycles. The fraction of sp³-hybridized carbons (Fsp3) is 0.833. The molecule has 0 N–H and O–H groups in total. The van der Waals surface area contributed by atoms with Gasteiger partial charge in [0.15, 0.2) is 0 Å². The van der Waals surface area contributed by atoms with Crippen LogP contribution in [0.15, 0.2) is 12.7 Å². The molecule has 3 heteroatoms. The molecule has 0 spiro atoms. The third kappa shape index (κ3) is 4.94. The average molecular weight is 229 g/mol. The van der Waals surface area contributed by atoms with E-state index in [4.69, 9.17) is 0 Å². The smallest absolute Gasteiger partial charge is 0.0447 e. The van der Waals surface area contributed by atoms with E-state index in [1.807, 2.05) is 6.08 Å². The molecule has 2 atom stereocenters. The Kier molecular flexibility index (Phi) is 6.18. The van der Waals surface area contributed by atoms with Crippen molar-refractivity contribution in [1.29, 1.82) is 0 Å². The first-order valence-corrected chi connectivity index (χ1v) is 7.32. The largest absolute Gasteiger partial charge is 0.301 e. The van der Waals surface area contributed by atoms with Gasteiger partial charge in [-0.2, -0.15) is 0 Å². The highest BCUT2D eigenvalue weighted by atomic mass is 32.2. The first kappa shape index (κ1) is 12.9. The van der Waals surface area contributed by atoms with Crippen LogP contribution >= 0.6 is 0 Å². The van der Waals surface area contributed by atoms with Gasteiger partial charge in [-0.15, -0.1) is 6.58 Å². The van der Waals surface area contributed by atoms with Gasteiger partial charge in [0.2, 0.25) is 0 Å². The van der Waals surface area contributed by atoms with Crippen molar-refractivity contribution in [1.82, 2.24) is 4.90 Å². The van der Waals surface area contributed by atoms with Crippen LogP contribution in [0.4, 0.5) is 0 Å². The summed E-state index contributed by atoms with van der Waals surface area (Å²) in [5.74, 6) is 0.869. The molecule has 0 amide bonds. The van der Waals surface area contributed by atoms with Crippen LogP contribution in [0.2, 0.25) is 0 Å². The van der Waals surface area contributed by atoms with Crippen molar-refractivity contribution in [2.45, 2.75) is 37.9 Å². The summed E-state index contributed by atoms with van der Waals surface area (Å²) in [6, 6.07) is 0. The van der Waals surface area contributed by atoms with Crippen molar-refractivity contribution < 1.29 is 4.21 Å². The van der Waals surface area contributed by atoms with Gasteiger partial charge in [-0.25, -0.2) is 0 Å². The van der Waals surface area contributed by atoms with Crippen LogP contribution in [0, 0.1) is 0 Å². The van der Waals surface area contributed by atoms with Gasteiger partial charge < -0.3 is 4.90 Å². The fourth-order valence-electron chi connectivity index (χ4n) is 1.96. The second-order valence-electron chi connectivity index (χ2n) is 4.33. The minimum absolute atomic E-state index is 0.368. The van der Waals surface area contributed by atoms with Crippen LogP contribution < -0.4 is 0 Å². The molecule has 1 rings (SSSR count). The van der Waals surface area contributed by atoms with Gasteiger partial charge in [0.25, 0.3) is 0 Å². The fourth-order valence-corrected chi connectivity index (χ4v) is 3.18. The highest BCUT2D eigenvalue weighted by Crippen LogP contribution is 2.10. The van der Waals surface area contributed by atoms with Crippen LogP contribution in [0.1, 0.15) is 32.6 Å². The molecule has 15 heavy (non-hydrogen) atoms. The van der Waals surface area contributed by atoms with Crippen LogP contribution in [0.5, 0.6) is 0 Å². The van der Waals surface area contributed by atoms with E-state index in [-0.39, 0.29) is 0 Å². The molecule has 1 saturated heterocycles. The number of unbranched alkanes of at least 4 members (excludes halogenated alkanes) is 3. The van der Waals surface area contributed by atoms with Crippen LogP contribution in [0.25, 0.3) is 0 Å². The van der Waals surface area contributed by atoms with Crippen LogP contribution in [0.3, 0.4) is 0 Å². The Morgan fingerprint density at radius 3 is 2.93 bits per heavy atom. The number of allylic oxidation sites excluding steroid dienone is 1. The number of rotatable bonds is 6. The van der Waals surface area contributed by atoms with Crippen molar-refractivity contribution in [2.75, 3.05) is 25.4 Å². The molecule has 88 valence electrons. The van der Waals surface area contributed by atoms with E-state index in [0.29, 0.717) is 5.25 Å². The molecule has 0 aromatic rings. The molecule has 0 aromatic carbocycles. The molecular formula is C12H23NOS. The maximum Gasteiger partial charge on any atom is 0.0447 e. The second-order valence-corrected chi connectivity index (χ2v) is 6.31. The molecule has 1 aliphatic rings. The van der Waals surface area contributed by atoms with Crippen LogP contribution in [-0.2, 0) is 10.8 Å². The summed E-state index contributed by atoms with van der Waals surface area (Å²) in [4.78, 5) is 2.46. The Balaban J connectivity index is 2.06. The normalized spacial score (nSPS) is 27.8. The molecular weight excluding hydrogens is 206 g/mol. The van der Waals surface area contributed by atoms with E-state index in [9.17, 15) is 4.21 Å². The van der Waals surface area contributed by atoms with E-state index in [1.165, 1.54) is 25.8 Å². The summed E-state index contributed by atoms with van der Waals surface area (Å²) in [5.41, 5.74) is 0. The maximum atomic E-state index is 11.4. The highest BCUT2D eigenvalue weighted by Gasteiger charge is 2.21. The summed E-state index contributed by atoms with van der Waals surface area (Å²) < 4.78 is 11.4. The molecule has 0 aliphatic carbocycles. The van der Waals surface area contributed by atoms with Crippen LogP contribution in [-0.4, -0.2) is 39.7 Å². The monoisotopic (exact) mass is 229 g/mol. The van der Waals surface area contributed by atoms with E-state index < -0.39 is 10.8 Å². The molecule has 1 heterocycles. The van der Waals surface area contributed by atoms with Gasteiger partial charge in [-0.05, 0) is 32.7 Å². The predicted molar refractivity (Wildman–Crippen MR) is 67.6 cm³/mol. The zero-order valence-corrected chi connectivity index (χ0v) is 10.6. The van der Waals surface area contributed by atoms with Gasteiger partial charge in [0, 0.05) is 34.9 Å². The number of hydrogen-bond donors (Lipinski definition) is 0. The average Bonchev–Trinajstić information content (AvgIpc) is 2.23. The predicted octanol–water partition coefficient (Wildman–Crippen LogP) is 2.19. The van der Waals surface area contributed by atoms with E-state index >= 15 is 0 Å². The second kappa shape index (κ2) is 7.18. The van der Waals surface area contributed by atoms with Gasteiger partial charge >= 0.3 is 0 Å². The Morgan fingerprint density at radius 1 is 1.47 bits per heavy atom. The Bertz CT molecular complexity index is 218. The quantitative estimate of drug-likeness (QED) is 0.514. The zero-order chi connectivity index (χ0) is 11.1. The summed E-state index contributed by atoms with van der Waals surface area (Å²) in [7, 11) is -0.571. The standard InChI is InChI=1S/C12H23NOS/c1-3-4-5-6-7-8-13-9-10-15(14)12(2)11-13/h3,12H,1,4-11H2,2H3/t12-,15-/m0/s1. The van der Waals surface area contributed by atoms with E-state index in [2.05, 4.69) is 18.4 Å². The number of nitrogens with zero attached hydrogens (tertiary/aromatic N) is 1. The molecule has 1 fully saturated rings. The summed E-state index contributed by atoms with van der Waals surface area (Å²) in [5, 5.41) is 0.368. The minimum Gasteiger partial charge on any atom is -0.301 e. The Morgan fingerprint density at radius 2 is 2.27 bits per heavy atom.